The van der Waals surface area contributed by atoms with Gasteiger partial charge in [-0.15, -0.1) is 0 Å². The average molecular weight is 675 g/mol. The molecule has 0 bridgehead atoms. The number of hydrogen-bond donors (Lipinski definition) is 1. The molecule has 0 aromatic heterocycles. The zero-order valence-corrected chi connectivity index (χ0v) is 32.9. The van der Waals surface area contributed by atoms with Crippen molar-refractivity contribution >= 4 is 31.7 Å². The third-order valence-electron chi connectivity index (χ3n) is 9.92. The van der Waals surface area contributed by atoms with Crippen LogP contribution in [0.5, 0.6) is 0 Å². The van der Waals surface area contributed by atoms with Gasteiger partial charge in [-0.1, -0.05) is 173 Å². The maximum Gasteiger partial charge on any atom is 0.0594 e. The molecule has 0 aliphatic rings. The molecule has 2 rings (SSSR count). The molecule has 0 saturated heterocycles. The maximum absolute atomic E-state index is 11.0. The van der Waals surface area contributed by atoms with Crippen molar-refractivity contribution in [1.29, 1.82) is 0 Å². The molecule has 0 amide bonds. The van der Waals surface area contributed by atoms with Gasteiger partial charge >= 0.3 is 0 Å². The zero-order chi connectivity index (χ0) is 33.6. The zero-order valence-electron chi connectivity index (χ0n) is 31.1. The molecule has 0 spiro atoms. The normalized spacial score (nSPS) is 12.3. The first-order valence-corrected chi connectivity index (χ1v) is 23.8. The Morgan fingerprint density at radius 2 is 0.783 bits per heavy atom. The molecule has 4 heteroatoms. The van der Waals surface area contributed by atoms with Crippen molar-refractivity contribution in [2.75, 3.05) is 24.6 Å². The highest BCUT2D eigenvalue weighted by molar-refractivity contribution is 7.75. The van der Waals surface area contributed by atoms with Gasteiger partial charge in [0.15, 0.2) is 0 Å². The molecule has 0 radical (unpaired) electrons. The van der Waals surface area contributed by atoms with E-state index in [2.05, 4.69) is 27.7 Å². The lowest BCUT2D eigenvalue weighted by atomic mass is 10.1. The van der Waals surface area contributed by atoms with E-state index < -0.39 is 15.6 Å². The van der Waals surface area contributed by atoms with Crippen LogP contribution in [0.15, 0.2) is 42.5 Å². The van der Waals surface area contributed by atoms with E-state index in [1.165, 1.54) is 128 Å². The highest BCUT2D eigenvalue weighted by atomic mass is 31.2. The molecular formula is C42H76O2P2. The lowest BCUT2D eigenvalue weighted by molar-refractivity contribution is -0.171. The minimum Gasteiger partial charge on any atom is -0.805 e. The van der Waals surface area contributed by atoms with Crippen LogP contribution >= 0.6 is 15.6 Å². The van der Waals surface area contributed by atoms with Crippen LogP contribution in [0.3, 0.4) is 0 Å². The van der Waals surface area contributed by atoms with E-state index in [1.807, 2.05) is 30.3 Å². The van der Waals surface area contributed by atoms with Crippen molar-refractivity contribution < 1.29 is 9.79 Å². The first-order chi connectivity index (χ1) is 22.5. The Bertz CT molecular complexity index is 856. The second-order valence-corrected chi connectivity index (χ2v) is 19.6. The number of fused-ring (bicyclic) bond motifs is 1. The number of unbranched alkanes of at least 4 members (excludes halogenated alkanes) is 20. The SMILES string of the molecule is CCCCCCCC[P+](CCCCCCCC)(CCCCCCCC)CCCCCCCC.[O-]P(O)c1cccc2ccccc12. The molecule has 2 aromatic rings. The molecule has 0 aliphatic carbocycles. The van der Waals surface area contributed by atoms with Crippen LogP contribution in [0.4, 0.5) is 0 Å². The Kier molecular flexibility index (Phi) is 28.9. The van der Waals surface area contributed by atoms with Crippen LogP contribution in [0, 0.1) is 0 Å². The quantitative estimate of drug-likeness (QED) is 0.0689. The average Bonchev–Trinajstić information content (AvgIpc) is 3.07. The molecule has 2 nitrogen and oxygen atoms in total. The summed E-state index contributed by atoms with van der Waals surface area (Å²) < 4.78 is 0. The van der Waals surface area contributed by atoms with Crippen LogP contribution in [-0.2, 0) is 0 Å². The third-order valence-corrected chi connectivity index (χ3v) is 15.8. The summed E-state index contributed by atoms with van der Waals surface area (Å²) >= 11 is 0. The van der Waals surface area contributed by atoms with Crippen LogP contribution in [0.2, 0.25) is 0 Å². The Hall–Kier alpha value is -0.520. The van der Waals surface area contributed by atoms with Crippen LogP contribution in [-0.4, -0.2) is 29.5 Å². The molecule has 266 valence electrons. The topological polar surface area (TPSA) is 43.3 Å². The number of benzene rings is 2. The van der Waals surface area contributed by atoms with E-state index in [9.17, 15) is 4.89 Å². The Morgan fingerprint density at radius 3 is 1.15 bits per heavy atom. The van der Waals surface area contributed by atoms with E-state index >= 15 is 0 Å². The first-order valence-electron chi connectivity index (χ1n) is 20.0. The molecule has 1 N–H and O–H groups in total. The molecule has 1 atom stereocenters. The fourth-order valence-corrected chi connectivity index (χ4v) is 12.5. The van der Waals surface area contributed by atoms with Gasteiger partial charge in [0.05, 0.1) is 24.6 Å². The van der Waals surface area contributed by atoms with Gasteiger partial charge in [0.25, 0.3) is 0 Å². The van der Waals surface area contributed by atoms with Crippen molar-refractivity contribution in [3.8, 4) is 0 Å². The van der Waals surface area contributed by atoms with Gasteiger partial charge < -0.3 is 9.79 Å². The lowest BCUT2D eigenvalue weighted by Gasteiger charge is -2.28. The van der Waals surface area contributed by atoms with Gasteiger partial charge in [0.1, 0.15) is 0 Å². The standard InChI is InChI=1S/C32H68P.C10H8O2P/c1-5-9-13-17-21-25-29-33(30-26-22-18-14-10-6-2,31-27-23-19-15-11-7-3)32-28-24-20-16-12-8-4;11-13(12)10-7-3-5-8-4-1-2-6-9(8)10/h5-32H2,1-4H3;1-7,11H/q+1;-1. The minimum absolute atomic E-state index is 0.508. The van der Waals surface area contributed by atoms with Crippen molar-refractivity contribution in [1.82, 2.24) is 0 Å². The van der Waals surface area contributed by atoms with Gasteiger partial charge in [-0.3, -0.25) is 0 Å². The Morgan fingerprint density at radius 1 is 0.457 bits per heavy atom. The molecule has 0 saturated carbocycles. The lowest BCUT2D eigenvalue weighted by Crippen LogP contribution is -2.13. The van der Waals surface area contributed by atoms with Gasteiger partial charge in [-0.05, 0) is 75.8 Å². The largest absolute Gasteiger partial charge is 0.805 e. The van der Waals surface area contributed by atoms with Gasteiger partial charge in [-0.25, -0.2) is 0 Å². The third kappa shape index (κ3) is 21.5. The van der Waals surface area contributed by atoms with E-state index in [0.29, 0.717) is 5.30 Å². The summed E-state index contributed by atoms with van der Waals surface area (Å²) in [6.45, 7) is 9.38. The smallest absolute Gasteiger partial charge is 0.0594 e. The highest BCUT2D eigenvalue weighted by Crippen LogP contribution is 2.61. The van der Waals surface area contributed by atoms with E-state index in [4.69, 9.17) is 4.89 Å². The second-order valence-electron chi connectivity index (χ2n) is 14.1. The molecule has 46 heavy (non-hydrogen) atoms. The van der Waals surface area contributed by atoms with E-state index in [1.54, 1.807) is 62.5 Å². The molecule has 1 unspecified atom stereocenters. The van der Waals surface area contributed by atoms with Crippen molar-refractivity contribution in [2.24, 2.45) is 0 Å². The highest BCUT2D eigenvalue weighted by Gasteiger charge is 2.35. The van der Waals surface area contributed by atoms with Crippen molar-refractivity contribution in [3.63, 3.8) is 0 Å². The fraction of sp³-hybridized carbons (Fsp3) is 0.762. The van der Waals surface area contributed by atoms with Crippen LogP contribution in [0.25, 0.3) is 10.8 Å². The van der Waals surface area contributed by atoms with Gasteiger partial charge in [0, 0.05) is 7.26 Å². The first kappa shape index (κ1) is 43.5. The van der Waals surface area contributed by atoms with Crippen molar-refractivity contribution in [3.05, 3.63) is 42.5 Å². The number of rotatable bonds is 29. The van der Waals surface area contributed by atoms with Gasteiger partial charge in [-0.2, -0.15) is 0 Å². The maximum atomic E-state index is 11.0. The van der Waals surface area contributed by atoms with E-state index in [-0.39, 0.29) is 0 Å². The van der Waals surface area contributed by atoms with Crippen molar-refractivity contribution in [2.45, 2.75) is 182 Å². The molecular weight excluding hydrogens is 598 g/mol. The predicted molar refractivity (Wildman–Crippen MR) is 213 cm³/mol. The Labute approximate surface area is 289 Å². The van der Waals surface area contributed by atoms with Gasteiger partial charge in [0.2, 0.25) is 0 Å². The molecule has 0 fully saturated rings. The summed E-state index contributed by atoms with van der Waals surface area (Å²) in [6.07, 6.45) is 42.1. The van der Waals surface area contributed by atoms with Crippen LogP contribution in [0.1, 0.15) is 182 Å². The molecule has 0 heterocycles. The second kappa shape index (κ2) is 30.5. The summed E-state index contributed by atoms with van der Waals surface area (Å²) in [7, 11) is -2.96. The summed E-state index contributed by atoms with van der Waals surface area (Å²) in [5, 5.41) is 2.36. The summed E-state index contributed by atoms with van der Waals surface area (Å²) in [5.41, 5.74) is 0. The van der Waals surface area contributed by atoms with Crippen LogP contribution < -0.4 is 10.2 Å². The predicted octanol–water partition coefficient (Wildman–Crippen LogP) is 13.6. The minimum atomic E-state index is -2.25. The number of hydrogen-bond acceptors (Lipinski definition) is 2. The summed E-state index contributed by atoms with van der Waals surface area (Å²) in [6, 6.07) is 13.0. The molecule has 0 aliphatic heterocycles. The Balaban J connectivity index is 0.000000664. The molecule has 2 aromatic carbocycles. The monoisotopic (exact) mass is 675 g/mol. The summed E-state index contributed by atoms with van der Waals surface area (Å²) in [4.78, 5) is 20.0. The summed E-state index contributed by atoms with van der Waals surface area (Å²) in [5.74, 6) is 0. The fourth-order valence-electron chi connectivity index (χ4n) is 6.96. The van der Waals surface area contributed by atoms with E-state index in [0.717, 1.165) is 10.8 Å².